The zero-order valence-corrected chi connectivity index (χ0v) is 12.9. The Balaban J connectivity index is 2.64. The molecule has 0 fully saturated rings. The van der Waals surface area contributed by atoms with Gasteiger partial charge in [-0.05, 0) is 5.21 Å². The second-order valence-electron chi connectivity index (χ2n) is 2.42. The molecule has 0 saturated carbocycles. The average molecular weight is 442 g/mol. The van der Waals surface area contributed by atoms with E-state index in [0.717, 1.165) is 6.42 Å². The maximum Gasteiger partial charge on any atom is 0.188 e. The molecule has 0 aromatic carbocycles. The summed E-state index contributed by atoms with van der Waals surface area (Å²) in [6.45, 7) is 0. The van der Waals surface area contributed by atoms with Crippen molar-refractivity contribution >= 4 is 63.7 Å². The van der Waals surface area contributed by atoms with Crippen molar-refractivity contribution < 1.29 is 0 Å². The molecule has 1 aromatic rings. The van der Waals surface area contributed by atoms with E-state index in [1.54, 1.807) is 7.05 Å². The second-order valence-corrected chi connectivity index (χ2v) is 10.8. The van der Waals surface area contributed by atoms with Crippen LogP contribution in [0.2, 0.25) is 0 Å². The topological polar surface area (TPSA) is 43.6 Å². The molecule has 0 amide bonds. The molecule has 1 aromatic heterocycles. The van der Waals surface area contributed by atoms with Crippen molar-refractivity contribution in [2.75, 3.05) is 0 Å². The first kappa shape index (κ1) is 12.1. The van der Waals surface area contributed by atoms with Gasteiger partial charge in [0.2, 0.25) is 0 Å². The van der Waals surface area contributed by atoms with Crippen molar-refractivity contribution in [3.63, 3.8) is 0 Å². The lowest BCUT2D eigenvalue weighted by molar-refractivity contribution is 0.626. The first-order chi connectivity index (χ1) is 5.88. The summed E-state index contributed by atoms with van der Waals surface area (Å²) in [5.41, 5.74) is 0. The summed E-state index contributed by atoms with van der Waals surface area (Å²) in [5, 5.41) is 11.7. The Labute approximate surface area is 109 Å². The molecular formula is C5H6Br4N4. The van der Waals surface area contributed by atoms with Crippen LogP contribution in [-0.2, 0) is 7.05 Å². The molecule has 0 spiro atoms. The van der Waals surface area contributed by atoms with Gasteiger partial charge in [0, 0.05) is 6.42 Å². The minimum atomic E-state index is -0.291. The summed E-state index contributed by atoms with van der Waals surface area (Å²) >= 11 is 13.7. The molecule has 8 heteroatoms. The van der Waals surface area contributed by atoms with Gasteiger partial charge in [0.25, 0.3) is 0 Å². The van der Waals surface area contributed by atoms with Crippen molar-refractivity contribution in [2.24, 2.45) is 7.05 Å². The molecule has 13 heavy (non-hydrogen) atoms. The fourth-order valence-electron chi connectivity index (χ4n) is 0.719. The van der Waals surface area contributed by atoms with Gasteiger partial charge < -0.3 is 0 Å². The molecule has 0 N–H and O–H groups in total. The van der Waals surface area contributed by atoms with Crippen LogP contribution in [0.4, 0.5) is 0 Å². The molecule has 4 nitrogen and oxygen atoms in total. The molecule has 1 rings (SSSR count). The van der Waals surface area contributed by atoms with Gasteiger partial charge in [0.1, 0.15) is 2.14 Å². The molecule has 0 unspecified atom stereocenters. The number of aromatic nitrogens is 4. The Kier molecular flexibility index (Phi) is 4.34. The highest BCUT2D eigenvalue weighted by atomic mass is 80.0. The van der Waals surface area contributed by atoms with Crippen LogP contribution in [0.15, 0.2) is 0 Å². The van der Waals surface area contributed by atoms with Gasteiger partial charge in [-0.2, -0.15) is 4.80 Å². The Morgan fingerprint density at radius 2 is 2.08 bits per heavy atom. The first-order valence-corrected chi connectivity index (χ1v) is 6.62. The van der Waals surface area contributed by atoms with Gasteiger partial charge in [-0.3, -0.25) is 0 Å². The molecular weight excluding hydrogens is 436 g/mol. The van der Waals surface area contributed by atoms with E-state index in [-0.39, 0.29) is 6.97 Å². The van der Waals surface area contributed by atoms with Crippen molar-refractivity contribution in [3.8, 4) is 0 Å². The SMILES string of the molecule is Cn1nnc([C@@H](Br)CC(Br)(Br)Br)n1. The van der Waals surface area contributed by atoms with Crippen LogP contribution in [0.1, 0.15) is 17.1 Å². The van der Waals surface area contributed by atoms with Crippen LogP contribution < -0.4 is 0 Å². The number of hydrogen-bond acceptors (Lipinski definition) is 3. The van der Waals surface area contributed by atoms with Crippen molar-refractivity contribution in [2.45, 2.75) is 13.4 Å². The quantitative estimate of drug-likeness (QED) is 0.663. The number of nitrogens with zero attached hydrogens (tertiary/aromatic N) is 4. The molecule has 1 atom stereocenters. The molecule has 0 aliphatic carbocycles. The maximum absolute atomic E-state index is 4.08. The first-order valence-electron chi connectivity index (χ1n) is 3.33. The summed E-state index contributed by atoms with van der Waals surface area (Å²) in [6.07, 6.45) is 0.749. The number of hydrogen-bond donors (Lipinski definition) is 0. The molecule has 0 saturated heterocycles. The monoisotopic (exact) mass is 438 g/mol. The highest BCUT2D eigenvalue weighted by molar-refractivity contribution is 9.39. The summed E-state index contributed by atoms with van der Waals surface area (Å²) in [6, 6.07) is 0. The summed E-state index contributed by atoms with van der Waals surface area (Å²) in [4.78, 5) is 1.49. The largest absolute Gasteiger partial charge is 0.188 e. The van der Waals surface area contributed by atoms with E-state index < -0.39 is 0 Å². The maximum atomic E-state index is 4.08. The molecule has 0 bridgehead atoms. The number of tetrazole rings is 1. The van der Waals surface area contributed by atoms with E-state index in [1.807, 2.05) is 0 Å². The van der Waals surface area contributed by atoms with E-state index in [9.17, 15) is 0 Å². The number of rotatable bonds is 2. The van der Waals surface area contributed by atoms with E-state index >= 15 is 0 Å². The van der Waals surface area contributed by atoms with Gasteiger partial charge in [-0.25, -0.2) is 0 Å². The predicted molar refractivity (Wildman–Crippen MR) is 64.6 cm³/mol. The van der Waals surface area contributed by atoms with Gasteiger partial charge >= 0.3 is 0 Å². The minimum Gasteiger partial charge on any atom is -0.167 e. The van der Waals surface area contributed by atoms with Gasteiger partial charge in [0.15, 0.2) is 5.82 Å². The zero-order chi connectivity index (χ0) is 10.1. The second kappa shape index (κ2) is 4.67. The van der Waals surface area contributed by atoms with Crippen molar-refractivity contribution in [3.05, 3.63) is 5.82 Å². The van der Waals surface area contributed by atoms with Crippen LogP contribution in [0, 0.1) is 0 Å². The van der Waals surface area contributed by atoms with Crippen LogP contribution in [0.5, 0.6) is 0 Å². The third-order valence-corrected chi connectivity index (χ3v) is 2.92. The van der Waals surface area contributed by atoms with Crippen molar-refractivity contribution in [1.82, 2.24) is 20.2 Å². The van der Waals surface area contributed by atoms with E-state index in [0.29, 0.717) is 5.82 Å². The molecule has 0 aliphatic rings. The van der Waals surface area contributed by atoms with E-state index in [1.165, 1.54) is 4.80 Å². The molecule has 0 radical (unpaired) electrons. The predicted octanol–water partition coefficient (Wildman–Crippen LogP) is 2.87. The molecule has 0 aliphatic heterocycles. The summed E-state index contributed by atoms with van der Waals surface area (Å²) in [5.74, 6) is 0.672. The fourth-order valence-corrected chi connectivity index (χ4v) is 3.66. The summed E-state index contributed by atoms with van der Waals surface area (Å²) in [7, 11) is 1.74. The lowest BCUT2D eigenvalue weighted by atomic mass is 10.3. The number of aryl methyl sites for hydroxylation is 1. The Bertz CT molecular complexity index is 280. The third kappa shape index (κ3) is 4.35. The zero-order valence-electron chi connectivity index (χ0n) is 6.59. The number of halogens is 4. The van der Waals surface area contributed by atoms with E-state index in [2.05, 4.69) is 79.1 Å². The van der Waals surface area contributed by atoms with Crippen LogP contribution in [0.3, 0.4) is 0 Å². The molecule has 74 valence electrons. The molecule has 1 heterocycles. The lowest BCUT2D eigenvalue weighted by Crippen LogP contribution is -2.05. The highest BCUT2D eigenvalue weighted by Gasteiger charge is 2.25. The number of alkyl halides is 4. The van der Waals surface area contributed by atoms with Gasteiger partial charge in [-0.15, -0.1) is 10.2 Å². The average Bonchev–Trinajstić information content (AvgIpc) is 2.31. The van der Waals surface area contributed by atoms with E-state index in [4.69, 9.17) is 0 Å². The van der Waals surface area contributed by atoms with Gasteiger partial charge in [0.05, 0.1) is 11.9 Å². The summed E-state index contributed by atoms with van der Waals surface area (Å²) < 4.78 is -0.291. The van der Waals surface area contributed by atoms with Crippen molar-refractivity contribution in [1.29, 1.82) is 0 Å². The fraction of sp³-hybridized carbons (Fsp3) is 0.800. The lowest BCUT2D eigenvalue weighted by Gasteiger charge is -2.13. The van der Waals surface area contributed by atoms with Crippen LogP contribution >= 0.6 is 63.7 Å². The van der Waals surface area contributed by atoms with Crippen LogP contribution in [-0.4, -0.2) is 22.4 Å². The minimum absolute atomic E-state index is 0.0549. The third-order valence-electron chi connectivity index (χ3n) is 1.21. The Hall–Kier alpha value is 0.990. The Morgan fingerprint density at radius 1 is 1.46 bits per heavy atom. The van der Waals surface area contributed by atoms with Crippen LogP contribution in [0.25, 0.3) is 0 Å². The Morgan fingerprint density at radius 3 is 2.46 bits per heavy atom. The van der Waals surface area contributed by atoms with Gasteiger partial charge in [-0.1, -0.05) is 63.7 Å². The standard InChI is InChI=1S/C5H6Br4N4/c1-13-11-4(10-12-13)3(6)2-5(7,8)9/h3H,2H2,1H3/t3-/m0/s1. The normalized spacial score (nSPS) is 14.5. The highest BCUT2D eigenvalue weighted by Crippen LogP contribution is 2.43. The smallest absolute Gasteiger partial charge is 0.167 e.